The Balaban J connectivity index is 2.08. The molecule has 5 nitrogen and oxygen atoms in total. The molecule has 1 aliphatic rings. The molecule has 2 atom stereocenters. The van der Waals surface area contributed by atoms with E-state index in [0.29, 0.717) is 17.6 Å². The lowest BCUT2D eigenvalue weighted by Gasteiger charge is -2.09. The topological polar surface area (TPSA) is 75.2 Å². The van der Waals surface area contributed by atoms with Gasteiger partial charge in [0.2, 0.25) is 0 Å². The fraction of sp³-hybridized carbons (Fsp3) is 0.385. The van der Waals surface area contributed by atoms with Gasteiger partial charge in [0.1, 0.15) is 11.6 Å². The Hall–Kier alpha value is -1.95. The molecule has 0 radical (unpaired) electrons. The highest BCUT2D eigenvalue weighted by Crippen LogP contribution is 2.30. The highest BCUT2D eigenvalue weighted by atomic mass is 19.1. The molecule has 0 spiro atoms. The van der Waals surface area contributed by atoms with Crippen molar-refractivity contribution < 1.29 is 19.0 Å². The number of carboxylic acid groups (broad SMARTS) is 1. The highest BCUT2D eigenvalue weighted by Gasteiger charge is 2.28. The Morgan fingerprint density at radius 2 is 2.37 bits per heavy atom. The minimum Gasteiger partial charge on any atom is -0.478 e. The van der Waals surface area contributed by atoms with Crippen LogP contribution in [0.5, 0.6) is 0 Å². The first kappa shape index (κ1) is 12.1. The van der Waals surface area contributed by atoms with Crippen LogP contribution in [-0.2, 0) is 4.74 Å². The molecule has 100 valence electrons. The standard InChI is InChI=1S/C13H13FN2O3/c1-6-7(2-3-19-6)12-15-10-4-8(13(17)18)9(14)5-11(10)16-12/h4-7H,2-3H2,1H3,(H,15,16)(H,17,18). The molecule has 1 aromatic carbocycles. The molecule has 1 aliphatic heterocycles. The van der Waals surface area contributed by atoms with Gasteiger partial charge >= 0.3 is 5.97 Å². The predicted octanol–water partition coefficient (Wildman–Crippen LogP) is 2.29. The van der Waals surface area contributed by atoms with Crippen LogP contribution in [-0.4, -0.2) is 33.8 Å². The SMILES string of the molecule is CC1OCCC1c1nc2cc(C(=O)O)c(F)cc2[nH]1. The molecule has 2 N–H and O–H groups in total. The zero-order valence-corrected chi connectivity index (χ0v) is 10.3. The number of aromatic nitrogens is 2. The molecule has 3 rings (SSSR count). The van der Waals surface area contributed by atoms with E-state index < -0.39 is 11.8 Å². The summed E-state index contributed by atoms with van der Waals surface area (Å²) in [4.78, 5) is 18.3. The summed E-state index contributed by atoms with van der Waals surface area (Å²) in [6.07, 6.45) is 0.916. The number of nitrogens with one attached hydrogen (secondary N) is 1. The van der Waals surface area contributed by atoms with Gasteiger partial charge in [-0.15, -0.1) is 0 Å². The van der Waals surface area contributed by atoms with Crippen molar-refractivity contribution >= 4 is 17.0 Å². The van der Waals surface area contributed by atoms with Crippen LogP contribution < -0.4 is 0 Å². The fourth-order valence-corrected chi connectivity index (χ4v) is 2.48. The third-order valence-corrected chi connectivity index (χ3v) is 3.55. The van der Waals surface area contributed by atoms with Crippen molar-refractivity contribution in [1.29, 1.82) is 0 Å². The molecule has 0 saturated carbocycles. The van der Waals surface area contributed by atoms with E-state index in [1.165, 1.54) is 12.1 Å². The van der Waals surface area contributed by atoms with Crippen molar-refractivity contribution in [1.82, 2.24) is 9.97 Å². The smallest absolute Gasteiger partial charge is 0.338 e. The first-order valence-electron chi connectivity index (χ1n) is 6.10. The summed E-state index contributed by atoms with van der Waals surface area (Å²) in [5.74, 6) is -1.18. The molecule has 19 heavy (non-hydrogen) atoms. The largest absolute Gasteiger partial charge is 0.478 e. The minimum atomic E-state index is -1.29. The second kappa shape index (κ2) is 4.31. The fourth-order valence-electron chi connectivity index (χ4n) is 2.48. The van der Waals surface area contributed by atoms with Crippen LogP contribution in [0.25, 0.3) is 11.0 Å². The lowest BCUT2D eigenvalue weighted by Crippen LogP contribution is -2.10. The number of aromatic amines is 1. The summed E-state index contributed by atoms with van der Waals surface area (Å²) < 4.78 is 19.1. The van der Waals surface area contributed by atoms with Gasteiger partial charge in [-0.3, -0.25) is 0 Å². The Kier molecular flexibility index (Phi) is 2.74. The molecule has 1 aromatic heterocycles. The maximum atomic E-state index is 13.6. The molecular weight excluding hydrogens is 251 g/mol. The first-order valence-corrected chi connectivity index (χ1v) is 6.10. The number of carbonyl (C=O) groups is 1. The summed E-state index contributed by atoms with van der Waals surface area (Å²) >= 11 is 0. The Morgan fingerprint density at radius 3 is 3.00 bits per heavy atom. The van der Waals surface area contributed by atoms with E-state index in [4.69, 9.17) is 9.84 Å². The van der Waals surface area contributed by atoms with Gasteiger partial charge in [0, 0.05) is 18.6 Å². The number of hydrogen-bond donors (Lipinski definition) is 2. The van der Waals surface area contributed by atoms with Crippen LogP contribution >= 0.6 is 0 Å². The molecule has 2 heterocycles. The van der Waals surface area contributed by atoms with Crippen molar-refractivity contribution in [3.05, 3.63) is 29.3 Å². The number of imidazole rings is 1. The van der Waals surface area contributed by atoms with Crippen molar-refractivity contribution in [3.8, 4) is 0 Å². The molecule has 2 aromatic rings. The minimum absolute atomic E-state index is 0.0596. The summed E-state index contributed by atoms with van der Waals surface area (Å²) in [5.41, 5.74) is 0.616. The van der Waals surface area contributed by atoms with Gasteiger partial charge in [0.15, 0.2) is 0 Å². The molecule has 0 amide bonds. The Bertz CT molecular complexity index is 653. The second-order valence-electron chi connectivity index (χ2n) is 4.75. The monoisotopic (exact) mass is 264 g/mol. The van der Waals surface area contributed by atoms with Gasteiger partial charge in [-0.05, 0) is 19.4 Å². The van der Waals surface area contributed by atoms with Crippen LogP contribution in [0.1, 0.15) is 35.4 Å². The molecule has 2 unspecified atom stereocenters. The van der Waals surface area contributed by atoms with E-state index in [1.807, 2.05) is 6.92 Å². The third-order valence-electron chi connectivity index (χ3n) is 3.55. The summed E-state index contributed by atoms with van der Waals surface area (Å²) in [7, 11) is 0. The average molecular weight is 264 g/mol. The van der Waals surface area contributed by atoms with E-state index in [-0.39, 0.29) is 17.6 Å². The first-order chi connectivity index (χ1) is 9.06. The number of aromatic carboxylic acids is 1. The molecule has 1 fully saturated rings. The summed E-state index contributed by atoms with van der Waals surface area (Å²) in [6.45, 7) is 2.64. The Morgan fingerprint density at radius 1 is 1.58 bits per heavy atom. The van der Waals surface area contributed by atoms with E-state index in [9.17, 15) is 9.18 Å². The zero-order chi connectivity index (χ0) is 13.6. The quantitative estimate of drug-likeness (QED) is 0.872. The number of halogens is 1. The van der Waals surface area contributed by atoms with Crippen molar-refractivity contribution in [2.75, 3.05) is 6.61 Å². The number of carboxylic acids is 1. The van der Waals surface area contributed by atoms with Crippen molar-refractivity contribution in [2.24, 2.45) is 0 Å². The number of rotatable bonds is 2. The number of nitrogens with zero attached hydrogens (tertiary/aromatic N) is 1. The van der Waals surface area contributed by atoms with Gasteiger partial charge < -0.3 is 14.8 Å². The third kappa shape index (κ3) is 1.98. The number of H-pyrrole nitrogens is 1. The van der Waals surface area contributed by atoms with E-state index >= 15 is 0 Å². The summed E-state index contributed by atoms with van der Waals surface area (Å²) in [6, 6.07) is 2.43. The summed E-state index contributed by atoms with van der Waals surface area (Å²) in [5, 5.41) is 8.89. The van der Waals surface area contributed by atoms with Gasteiger partial charge in [0.05, 0.1) is 22.7 Å². The highest BCUT2D eigenvalue weighted by molar-refractivity contribution is 5.92. The molecular formula is C13H13FN2O3. The van der Waals surface area contributed by atoms with Gasteiger partial charge in [-0.2, -0.15) is 0 Å². The van der Waals surface area contributed by atoms with E-state index in [2.05, 4.69) is 9.97 Å². The number of benzene rings is 1. The molecule has 6 heteroatoms. The molecule has 1 saturated heterocycles. The van der Waals surface area contributed by atoms with Gasteiger partial charge in [-0.25, -0.2) is 14.2 Å². The van der Waals surface area contributed by atoms with E-state index in [0.717, 1.165) is 12.2 Å². The van der Waals surface area contributed by atoms with Crippen LogP contribution in [0, 0.1) is 5.82 Å². The van der Waals surface area contributed by atoms with Gasteiger partial charge in [0.25, 0.3) is 0 Å². The van der Waals surface area contributed by atoms with Crippen LogP contribution in [0.4, 0.5) is 4.39 Å². The van der Waals surface area contributed by atoms with Gasteiger partial charge in [-0.1, -0.05) is 0 Å². The second-order valence-corrected chi connectivity index (χ2v) is 4.75. The maximum Gasteiger partial charge on any atom is 0.338 e. The normalized spacial score (nSPS) is 23.1. The maximum absolute atomic E-state index is 13.6. The zero-order valence-electron chi connectivity index (χ0n) is 10.3. The lowest BCUT2D eigenvalue weighted by atomic mass is 10.0. The lowest BCUT2D eigenvalue weighted by molar-refractivity contribution is 0.0692. The average Bonchev–Trinajstić information content (AvgIpc) is 2.92. The van der Waals surface area contributed by atoms with Crippen molar-refractivity contribution in [2.45, 2.75) is 25.4 Å². The molecule has 0 bridgehead atoms. The number of hydrogen-bond acceptors (Lipinski definition) is 3. The van der Waals surface area contributed by atoms with Crippen LogP contribution in [0.15, 0.2) is 12.1 Å². The number of ether oxygens (including phenoxy) is 1. The van der Waals surface area contributed by atoms with E-state index in [1.54, 1.807) is 0 Å². The van der Waals surface area contributed by atoms with Crippen molar-refractivity contribution in [3.63, 3.8) is 0 Å². The van der Waals surface area contributed by atoms with Crippen LogP contribution in [0.2, 0.25) is 0 Å². The predicted molar refractivity (Wildman–Crippen MR) is 65.8 cm³/mol. The van der Waals surface area contributed by atoms with Crippen LogP contribution in [0.3, 0.4) is 0 Å². The number of fused-ring (bicyclic) bond motifs is 1. The molecule has 0 aliphatic carbocycles. The Labute approximate surface area is 108 Å².